The van der Waals surface area contributed by atoms with Crippen LogP contribution >= 0.6 is 11.3 Å². The highest BCUT2D eigenvalue weighted by Crippen LogP contribution is 2.36. The largest absolute Gasteiger partial charge is 0.399 e. The number of thiazole rings is 1. The van der Waals surface area contributed by atoms with Crippen molar-refractivity contribution < 1.29 is 9.63 Å². The van der Waals surface area contributed by atoms with E-state index in [1.54, 1.807) is 17.6 Å². The monoisotopic (exact) mass is 379 g/mol. The quantitative estimate of drug-likeness (QED) is 0.490. The molecule has 27 heavy (non-hydrogen) atoms. The Kier molecular flexibility index (Phi) is 5.16. The fourth-order valence-electron chi connectivity index (χ4n) is 3.46. The van der Waals surface area contributed by atoms with Gasteiger partial charge < -0.3 is 9.74 Å². The maximum Gasteiger partial charge on any atom is 0.254 e. The third-order valence-electron chi connectivity index (χ3n) is 4.82. The van der Waals surface area contributed by atoms with Gasteiger partial charge in [-0.15, -0.1) is 11.3 Å². The molecule has 5 nitrogen and oxygen atoms in total. The molecule has 0 saturated carbocycles. The smallest absolute Gasteiger partial charge is 0.254 e. The molecule has 2 heterocycles. The summed E-state index contributed by atoms with van der Waals surface area (Å²) < 4.78 is 1.17. The normalized spacial score (nSPS) is 17.5. The van der Waals surface area contributed by atoms with Gasteiger partial charge in [-0.2, -0.15) is 0 Å². The summed E-state index contributed by atoms with van der Waals surface area (Å²) in [6.07, 6.45) is 4.74. The van der Waals surface area contributed by atoms with Crippen LogP contribution < -0.4 is 0 Å². The minimum Gasteiger partial charge on any atom is -0.399 e. The first kappa shape index (κ1) is 17.7. The molecule has 1 aliphatic heterocycles. The number of piperidine rings is 1. The number of benzene rings is 2. The number of oxime groups is 1. The van der Waals surface area contributed by atoms with E-state index in [0.717, 1.165) is 41.9 Å². The van der Waals surface area contributed by atoms with Gasteiger partial charge in [0.15, 0.2) is 0 Å². The van der Waals surface area contributed by atoms with Crippen LogP contribution in [0.25, 0.3) is 10.2 Å². The van der Waals surface area contributed by atoms with Crippen molar-refractivity contribution in [2.24, 2.45) is 5.16 Å². The van der Waals surface area contributed by atoms with Gasteiger partial charge in [0.2, 0.25) is 0 Å². The lowest BCUT2D eigenvalue weighted by Gasteiger charge is -2.34. The highest BCUT2D eigenvalue weighted by atomic mass is 32.1. The molecule has 3 aromatic rings. The predicted molar refractivity (Wildman–Crippen MR) is 108 cm³/mol. The maximum absolute atomic E-state index is 13.2. The molecule has 0 spiro atoms. The van der Waals surface area contributed by atoms with Gasteiger partial charge in [-0.05, 0) is 49.1 Å². The topological polar surface area (TPSA) is 54.8 Å². The van der Waals surface area contributed by atoms with E-state index in [4.69, 9.17) is 9.82 Å². The molecule has 0 N–H and O–H groups in total. The molecule has 2 aromatic carbocycles. The summed E-state index contributed by atoms with van der Waals surface area (Å²) in [6.45, 7) is 0.770. The van der Waals surface area contributed by atoms with Crippen molar-refractivity contribution in [3.8, 4) is 0 Å². The average molecular weight is 379 g/mol. The van der Waals surface area contributed by atoms with Gasteiger partial charge in [0.25, 0.3) is 5.91 Å². The zero-order valence-electron chi connectivity index (χ0n) is 15.2. The molecule has 0 aliphatic carbocycles. The van der Waals surface area contributed by atoms with Gasteiger partial charge in [-0.25, -0.2) is 4.98 Å². The van der Waals surface area contributed by atoms with Crippen molar-refractivity contribution >= 4 is 33.7 Å². The Morgan fingerprint density at radius 2 is 2.04 bits per heavy atom. The van der Waals surface area contributed by atoms with Crippen molar-refractivity contribution in [1.29, 1.82) is 0 Å². The van der Waals surface area contributed by atoms with E-state index in [9.17, 15) is 4.79 Å². The minimum absolute atomic E-state index is 0.0541. The average Bonchev–Trinajstić information content (AvgIpc) is 3.16. The predicted octanol–water partition coefficient (Wildman–Crippen LogP) is 4.64. The van der Waals surface area contributed by atoms with E-state index in [0.29, 0.717) is 5.56 Å². The van der Waals surface area contributed by atoms with E-state index >= 15 is 0 Å². The first-order chi connectivity index (χ1) is 13.3. The SMILES string of the molecule is CO/N=C/c1ccc(C(=O)N2CCCCC2c2nc3ccccc3s2)cc1. The van der Waals surface area contributed by atoms with Crippen LogP contribution in [0.4, 0.5) is 0 Å². The number of rotatable bonds is 4. The van der Waals surface area contributed by atoms with Crippen LogP contribution in [0.2, 0.25) is 0 Å². The molecule has 1 saturated heterocycles. The number of carbonyl (C=O) groups is 1. The van der Waals surface area contributed by atoms with E-state index in [-0.39, 0.29) is 11.9 Å². The standard InChI is InChI=1S/C21H21N3O2S/c1-26-22-14-15-9-11-16(12-10-15)21(25)24-13-5-4-7-18(24)20-23-17-6-2-3-8-19(17)27-20/h2-3,6,8-12,14,18H,4-5,7,13H2,1H3/b22-14+. The number of nitrogens with zero attached hydrogens (tertiary/aromatic N) is 3. The molecule has 0 bridgehead atoms. The molecule has 1 amide bonds. The molecule has 1 unspecified atom stereocenters. The number of carbonyl (C=O) groups excluding carboxylic acids is 1. The third kappa shape index (κ3) is 3.71. The van der Waals surface area contributed by atoms with Crippen molar-refractivity contribution in [3.63, 3.8) is 0 Å². The first-order valence-corrected chi connectivity index (χ1v) is 9.91. The summed E-state index contributed by atoms with van der Waals surface area (Å²) >= 11 is 1.70. The summed E-state index contributed by atoms with van der Waals surface area (Å²) in [6, 6.07) is 15.7. The summed E-state index contributed by atoms with van der Waals surface area (Å²) in [4.78, 5) is 24.7. The molecule has 4 rings (SSSR count). The molecule has 6 heteroatoms. The lowest BCUT2D eigenvalue weighted by atomic mass is 10.0. The van der Waals surface area contributed by atoms with Crippen LogP contribution in [0.3, 0.4) is 0 Å². The zero-order chi connectivity index (χ0) is 18.6. The Morgan fingerprint density at radius 3 is 2.81 bits per heavy atom. The Hall–Kier alpha value is -2.73. The molecule has 138 valence electrons. The van der Waals surface area contributed by atoms with Crippen LogP contribution in [0.15, 0.2) is 53.7 Å². The fraction of sp³-hybridized carbons (Fsp3) is 0.286. The third-order valence-corrected chi connectivity index (χ3v) is 5.96. The van der Waals surface area contributed by atoms with Crippen LogP contribution in [0, 0.1) is 0 Å². The summed E-state index contributed by atoms with van der Waals surface area (Å²) in [5.41, 5.74) is 2.60. The van der Waals surface area contributed by atoms with Gasteiger partial charge in [0.05, 0.1) is 22.5 Å². The highest BCUT2D eigenvalue weighted by Gasteiger charge is 2.30. The van der Waals surface area contributed by atoms with E-state index in [1.165, 1.54) is 11.8 Å². The summed E-state index contributed by atoms with van der Waals surface area (Å²) in [5, 5.41) is 4.79. The number of aromatic nitrogens is 1. The number of para-hydroxylation sites is 1. The van der Waals surface area contributed by atoms with Crippen LogP contribution in [0.5, 0.6) is 0 Å². The molecule has 1 fully saturated rings. The number of hydrogen-bond donors (Lipinski definition) is 0. The Balaban J connectivity index is 1.59. The van der Waals surface area contributed by atoms with Gasteiger partial charge in [-0.3, -0.25) is 4.79 Å². The molecule has 1 aliphatic rings. The van der Waals surface area contributed by atoms with Crippen molar-refractivity contribution in [1.82, 2.24) is 9.88 Å². The second-order valence-corrected chi connectivity index (χ2v) is 7.63. The van der Waals surface area contributed by atoms with Gasteiger partial charge in [0, 0.05) is 12.1 Å². The van der Waals surface area contributed by atoms with Crippen LogP contribution in [-0.4, -0.2) is 35.7 Å². The Labute approximate surface area is 162 Å². The van der Waals surface area contributed by atoms with Crippen LogP contribution in [-0.2, 0) is 4.84 Å². The van der Waals surface area contributed by atoms with Gasteiger partial charge in [-0.1, -0.05) is 29.4 Å². The van der Waals surface area contributed by atoms with E-state index < -0.39 is 0 Å². The lowest BCUT2D eigenvalue weighted by Crippen LogP contribution is -2.38. The van der Waals surface area contributed by atoms with Gasteiger partial charge >= 0.3 is 0 Å². The molecule has 1 aromatic heterocycles. The van der Waals surface area contributed by atoms with Crippen molar-refractivity contribution in [3.05, 3.63) is 64.7 Å². The number of amides is 1. The van der Waals surface area contributed by atoms with Gasteiger partial charge in [0.1, 0.15) is 12.1 Å². The van der Waals surface area contributed by atoms with Crippen molar-refractivity contribution in [2.75, 3.05) is 13.7 Å². The molecule has 1 atom stereocenters. The Morgan fingerprint density at radius 1 is 1.22 bits per heavy atom. The number of fused-ring (bicyclic) bond motifs is 1. The molecular formula is C21H21N3O2S. The second-order valence-electron chi connectivity index (χ2n) is 6.57. The lowest BCUT2D eigenvalue weighted by molar-refractivity contribution is 0.0611. The summed E-state index contributed by atoms with van der Waals surface area (Å²) in [7, 11) is 1.51. The van der Waals surface area contributed by atoms with E-state index in [2.05, 4.69) is 11.2 Å². The van der Waals surface area contributed by atoms with Crippen molar-refractivity contribution in [2.45, 2.75) is 25.3 Å². The van der Waals surface area contributed by atoms with Crippen LogP contribution in [0.1, 0.15) is 46.2 Å². The number of hydrogen-bond acceptors (Lipinski definition) is 5. The number of likely N-dealkylation sites (tertiary alicyclic amines) is 1. The molecular weight excluding hydrogens is 358 g/mol. The van der Waals surface area contributed by atoms with E-state index in [1.807, 2.05) is 47.4 Å². The first-order valence-electron chi connectivity index (χ1n) is 9.09. The fourth-order valence-corrected chi connectivity index (χ4v) is 4.57. The summed E-state index contributed by atoms with van der Waals surface area (Å²) in [5.74, 6) is 0.0641. The maximum atomic E-state index is 13.2. The highest BCUT2D eigenvalue weighted by molar-refractivity contribution is 7.18. The minimum atomic E-state index is 0.0541. The second kappa shape index (κ2) is 7.88. The Bertz CT molecular complexity index is 932. The molecule has 0 radical (unpaired) electrons. The zero-order valence-corrected chi connectivity index (χ0v) is 16.0.